The third-order valence-corrected chi connectivity index (χ3v) is 7.00. The van der Waals surface area contributed by atoms with Crippen LogP contribution in [0.1, 0.15) is 11.1 Å². The molecule has 7 nitrogen and oxygen atoms in total. The average molecular weight is 415 g/mol. The van der Waals surface area contributed by atoms with Crippen LogP contribution >= 0.6 is 0 Å². The Bertz CT molecular complexity index is 1070. The Hall–Kier alpha value is -2.84. The molecule has 0 saturated heterocycles. The lowest BCUT2D eigenvalue weighted by molar-refractivity contribution is -0.136. The Morgan fingerprint density at radius 1 is 1.14 bits per heavy atom. The molecule has 4 rings (SSSR count). The molecule has 0 amide bonds. The van der Waals surface area contributed by atoms with Gasteiger partial charge in [-0.15, -0.1) is 0 Å². The van der Waals surface area contributed by atoms with Crippen molar-refractivity contribution in [1.29, 1.82) is 0 Å². The van der Waals surface area contributed by atoms with Gasteiger partial charge in [0.2, 0.25) is 16.8 Å². The number of benzene rings is 2. The molecule has 0 fully saturated rings. The van der Waals surface area contributed by atoms with E-state index in [1.807, 2.05) is 19.1 Å². The molecule has 2 aliphatic heterocycles. The van der Waals surface area contributed by atoms with Gasteiger partial charge in [-0.05, 0) is 43.2 Å². The van der Waals surface area contributed by atoms with Crippen LogP contribution in [0.5, 0.6) is 11.5 Å². The van der Waals surface area contributed by atoms with Gasteiger partial charge in [0.05, 0.1) is 23.6 Å². The highest BCUT2D eigenvalue weighted by Gasteiger charge is 2.40. The molecule has 0 saturated carbocycles. The van der Waals surface area contributed by atoms with E-state index in [-0.39, 0.29) is 18.2 Å². The number of esters is 1. The number of methoxy groups -OCH3 is 1. The molecule has 0 spiro atoms. The van der Waals surface area contributed by atoms with E-state index in [9.17, 15) is 13.2 Å². The summed E-state index contributed by atoms with van der Waals surface area (Å²) in [5, 5.41) is 0. The largest absolute Gasteiger partial charge is 0.466 e. The third-order valence-electron chi connectivity index (χ3n) is 5.11. The monoisotopic (exact) mass is 415 g/mol. The number of nitrogens with zero attached hydrogens (tertiary/aromatic N) is 1. The van der Waals surface area contributed by atoms with Crippen molar-refractivity contribution in [3.63, 3.8) is 0 Å². The number of aryl methyl sites for hydroxylation is 1. The Kier molecular flexibility index (Phi) is 5.06. The lowest BCUT2D eigenvalue weighted by Gasteiger charge is -2.26. The van der Waals surface area contributed by atoms with Crippen molar-refractivity contribution >= 4 is 16.0 Å². The Morgan fingerprint density at radius 3 is 2.59 bits per heavy atom. The Morgan fingerprint density at radius 2 is 1.86 bits per heavy atom. The molecule has 2 heterocycles. The minimum Gasteiger partial charge on any atom is -0.466 e. The lowest BCUT2D eigenvalue weighted by Crippen LogP contribution is -2.40. The van der Waals surface area contributed by atoms with Crippen molar-refractivity contribution in [2.45, 2.75) is 24.3 Å². The SMILES string of the molecule is COC(=O)C1=CCN(S(=O)(=O)c2ccc(C)cc2)C1Cc1ccc2c(c1)OCO2. The van der Waals surface area contributed by atoms with Gasteiger partial charge in [-0.1, -0.05) is 29.8 Å². The molecule has 8 heteroatoms. The van der Waals surface area contributed by atoms with E-state index in [4.69, 9.17) is 14.2 Å². The number of rotatable bonds is 5. The standard InChI is InChI=1S/C21H21NO6S/c1-14-3-6-16(7-4-14)29(24,25)22-10-9-17(21(23)26-2)18(22)11-15-5-8-19-20(12-15)28-13-27-19/h3-9,12,18H,10-11,13H2,1-2H3. The van der Waals surface area contributed by atoms with Crippen LogP contribution in [-0.4, -0.2) is 45.2 Å². The van der Waals surface area contributed by atoms with Crippen molar-refractivity contribution in [2.24, 2.45) is 0 Å². The van der Waals surface area contributed by atoms with Crippen LogP contribution in [-0.2, 0) is 26.0 Å². The lowest BCUT2D eigenvalue weighted by atomic mass is 10.0. The van der Waals surface area contributed by atoms with E-state index in [0.29, 0.717) is 23.5 Å². The van der Waals surface area contributed by atoms with Crippen molar-refractivity contribution in [2.75, 3.05) is 20.4 Å². The van der Waals surface area contributed by atoms with Crippen LogP contribution in [0.25, 0.3) is 0 Å². The predicted octanol–water partition coefficient (Wildman–Crippen LogP) is 2.44. The molecule has 0 N–H and O–H groups in total. The fraction of sp³-hybridized carbons (Fsp3) is 0.286. The fourth-order valence-electron chi connectivity index (χ4n) is 3.56. The number of carbonyl (C=O) groups excluding carboxylic acids is 1. The van der Waals surface area contributed by atoms with Crippen LogP contribution in [0.15, 0.2) is 59.0 Å². The van der Waals surface area contributed by atoms with E-state index in [2.05, 4.69) is 0 Å². The molecule has 152 valence electrons. The topological polar surface area (TPSA) is 82.1 Å². The summed E-state index contributed by atoms with van der Waals surface area (Å²) in [4.78, 5) is 12.5. The zero-order valence-corrected chi connectivity index (χ0v) is 16.9. The Balaban J connectivity index is 1.68. The summed E-state index contributed by atoms with van der Waals surface area (Å²) in [6.45, 7) is 2.16. The third kappa shape index (κ3) is 3.61. The number of carbonyl (C=O) groups is 1. The first-order valence-electron chi connectivity index (χ1n) is 9.15. The molecule has 2 aromatic rings. The first-order valence-corrected chi connectivity index (χ1v) is 10.6. The summed E-state index contributed by atoms with van der Waals surface area (Å²) < 4.78 is 43.5. The summed E-state index contributed by atoms with van der Waals surface area (Å²) >= 11 is 0. The van der Waals surface area contributed by atoms with Gasteiger partial charge in [-0.25, -0.2) is 13.2 Å². The van der Waals surface area contributed by atoms with Crippen LogP contribution < -0.4 is 9.47 Å². The molecular weight excluding hydrogens is 394 g/mol. The van der Waals surface area contributed by atoms with E-state index in [0.717, 1.165) is 11.1 Å². The highest BCUT2D eigenvalue weighted by molar-refractivity contribution is 7.89. The predicted molar refractivity (Wildman–Crippen MR) is 105 cm³/mol. The van der Waals surface area contributed by atoms with Gasteiger partial charge >= 0.3 is 5.97 Å². The van der Waals surface area contributed by atoms with Crippen molar-refractivity contribution < 1.29 is 27.4 Å². The molecule has 0 bridgehead atoms. The number of hydrogen-bond donors (Lipinski definition) is 0. The number of fused-ring (bicyclic) bond motifs is 1. The molecule has 0 aliphatic carbocycles. The second kappa shape index (κ2) is 7.53. The van der Waals surface area contributed by atoms with Gasteiger partial charge < -0.3 is 14.2 Å². The van der Waals surface area contributed by atoms with Crippen molar-refractivity contribution in [3.05, 3.63) is 65.2 Å². The zero-order valence-electron chi connectivity index (χ0n) is 16.1. The maximum Gasteiger partial charge on any atom is 0.335 e. The number of sulfonamides is 1. The van der Waals surface area contributed by atoms with Crippen molar-refractivity contribution in [1.82, 2.24) is 4.31 Å². The Labute approximate surface area is 169 Å². The summed E-state index contributed by atoms with van der Waals surface area (Å²) in [5.41, 5.74) is 2.14. The van der Waals surface area contributed by atoms with E-state index < -0.39 is 22.0 Å². The molecule has 29 heavy (non-hydrogen) atoms. The van der Waals surface area contributed by atoms with E-state index in [1.165, 1.54) is 11.4 Å². The molecule has 0 aromatic heterocycles. The zero-order chi connectivity index (χ0) is 20.6. The van der Waals surface area contributed by atoms with Crippen LogP contribution in [0.4, 0.5) is 0 Å². The summed E-state index contributed by atoms with van der Waals surface area (Å²) in [6, 6.07) is 11.4. The van der Waals surface area contributed by atoms with Crippen LogP contribution in [0.3, 0.4) is 0 Å². The molecule has 2 aliphatic rings. The summed E-state index contributed by atoms with van der Waals surface area (Å²) in [7, 11) is -2.50. The smallest absolute Gasteiger partial charge is 0.335 e. The molecule has 1 unspecified atom stereocenters. The minimum absolute atomic E-state index is 0.107. The summed E-state index contributed by atoms with van der Waals surface area (Å²) in [5.74, 6) is 0.724. The highest BCUT2D eigenvalue weighted by Crippen LogP contribution is 2.35. The van der Waals surface area contributed by atoms with E-state index in [1.54, 1.807) is 36.4 Å². The van der Waals surface area contributed by atoms with Gasteiger partial charge in [0.15, 0.2) is 11.5 Å². The second-order valence-corrected chi connectivity index (χ2v) is 8.84. The summed E-state index contributed by atoms with van der Waals surface area (Å²) in [6.07, 6.45) is 1.93. The maximum absolute atomic E-state index is 13.3. The van der Waals surface area contributed by atoms with Gasteiger partial charge in [-0.3, -0.25) is 0 Å². The van der Waals surface area contributed by atoms with Gasteiger partial charge in [-0.2, -0.15) is 4.31 Å². The first-order chi connectivity index (χ1) is 13.9. The molecular formula is C21H21NO6S. The maximum atomic E-state index is 13.3. The number of ether oxygens (including phenoxy) is 3. The minimum atomic E-state index is -3.79. The quantitative estimate of drug-likeness (QED) is 0.698. The van der Waals surface area contributed by atoms with E-state index >= 15 is 0 Å². The molecule has 2 aromatic carbocycles. The van der Waals surface area contributed by atoms with Crippen LogP contribution in [0, 0.1) is 6.92 Å². The van der Waals surface area contributed by atoms with Crippen LogP contribution in [0.2, 0.25) is 0 Å². The number of hydrogen-bond acceptors (Lipinski definition) is 6. The molecule has 1 atom stereocenters. The molecule has 0 radical (unpaired) electrons. The van der Waals surface area contributed by atoms with Gasteiger partial charge in [0, 0.05) is 6.54 Å². The fourth-order valence-corrected chi connectivity index (χ4v) is 5.10. The average Bonchev–Trinajstić information content (AvgIpc) is 3.34. The van der Waals surface area contributed by atoms with Gasteiger partial charge in [0.25, 0.3) is 0 Å². The van der Waals surface area contributed by atoms with Crippen molar-refractivity contribution in [3.8, 4) is 11.5 Å². The highest BCUT2D eigenvalue weighted by atomic mass is 32.2. The normalized spacial score (nSPS) is 18.6. The van der Waals surface area contributed by atoms with Gasteiger partial charge in [0.1, 0.15) is 0 Å². The first kappa shape index (κ1) is 19.5. The second-order valence-electron chi connectivity index (χ2n) is 6.95.